The highest BCUT2D eigenvalue weighted by molar-refractivity contribution is 6.30. The summed E-state index contributed by atoms with van der Waals surface area (Å²) in [5.41, 5.74) is 4.29. The number of hydrogen-bond acceptors (Lipinski definition) is 3. The van der Waals surface area contributed by atoms with Crippen LogP contribution in [-0.2, 0) is 4.74 Å². The minimum atomic E-state index is -0.102. The number of nitrogens with zero attached hydrogens (tertiary/aromatic N) is 1. The number of aromatic nitrogens is 2. The second kappa shape index (κ2) is 8.84. The number of methoxy groups -OCH3 is 1. The quantitative estimate of drug-likeness (QED) is 0.628. The van der Waals surface area contributed by atoms with Gasteiger partial charge in [-0.3, -0.25) is 9.89 Å². The van der Waals surface area contributed by atoms with E-state index in [-0.39, 0.29) is 11.9 Å². The van der Waals surface area contributed by atoms with Crippen LogP contribution in [0.2, 0.25) is 5.02 Å². The Balaban J connectivity index is 1.72. The van der Waals surface area contributed by atoms with Crippen LogP contribution >= 0.6 is 11.6 Å². The fraction of sp³-hybridized carbons (Fsp3) is 0.238. The highest BCUT2D eigenvalue weighted by atomic mass is 35.5. The molecule has 0 spiro atoms. The van der Waals surface area contributed by atoms with Crippen molar-refractivity contribution in [1.29, 1.82) is 0 Å². The van der Waals surface area contributed by atoms with Crippen molar-refractivity contribution in [3.63, 3.8) is 0 Å². The van der Waals surface area contributed by atoms with Crippen LogP contribution in [0, 0.1) is 0 Å². The molecule has 6 heteroatoms. The van der Waals surface area contributed by atoms with Crippen LogP contribution in [0.15, 0.2) is 54.6 Å². The Hall–Kier alpha value is -2.63. The summed E-state index contributed by atoms with van der Waals surface area (Å²) < 4.78 is 5.12. The minimum Gasteiger partial charge on any atom is -0.383 e. The number of benzene rings is 2. The molecule has 0 bridgehead atoms. The largest absolute Gasteiger partial charge is 0.383 e. The van der Waals surface area contributed by atoms with Crippen LogP contribution in [0.5, 0.6) is 0 Å². The van der Waals surface area contributed by atoms with Gasteiger partial charge in [-0.05, 0) is 42.3 Å². The number of hydrogen-bond donors (Lipinski definition) is 2. The van der Waals surface area contributed by atoms with Crippen LogP contribution in [-0.4, -0.2) is 35.9 Å². The van der Waals surface area contributed by atoms with Gasteiger partial charge in [-0.25, -0.2) is 0 Å². The molecule has 3 rings (SSSR count). The van der Waals surface area contributed by atoms with E-state index in [0.717, 1.165) is 28.9 Å². The van der Waals surface area contributed by atoms with E-state index in [2.05, 4.69) is 15.5 Å². The predicted molar refractivity (Wildman–Crippen MR) is 108 cm³/mol. The average molecular weight is 384 g/mol. The third-order valence-corrected chi connectivity index (χ3v) is 4.62. The predicted octanol–water partition coefficient (Wildman–Crippen LogP) is 4.55. The van der Waals surface area contributed by atoms with Crippen molar-refractivity contribution in [3.05, 3.63) is 65.2 Å². The second-order valence-corrected chi connectivity index (χ2v) is 6.72. The first-order valence-corrected chi connectivity index (χ1v) is 9.20. The van der Waals surface area contributed by atoms with Crippen LogP contribution in [0.25, 0.3) is 22.5 Å². The van der Waals surface area contributed by atoms with E-state index < -0.39 is 0 Å². The van der Waals surface area contributed by atoms with Crippen molar-refractivity contribution in [2.24, 2.45) is 0 Å². The Morgan fingerprint density at radius 1 is 1.15 bits per heavy atom. The molecule has 0 fully saturated rings. The summed E-state index contributed by atoms with van der Waals surface area (Å²) in [6.07, 6.45) is 0.818. The van der Waals surface area contributed by atoms with Crippen molar-refractivity contribution >= 4 is 17.5 Å². The maximum Gasteiger partial charge on any atom is 0.251 e. The molecule has 1 amide bonds. The Morgan fingerprint density at radius 2 is 1.81 bits per heavy atom. The molecule has 5 nitrogen and oxygen atoms in total. The van der Waals surface area contributed by atoms with E-state index in [1.807, 2.05) is 49.4 Å². The second-order valence-electron chi connectivity index (χ2n) is 6.29. The molecule has 3 aromatic rings. The first kappa shape index (κ1) is 19.1. The summed E-state index contributed by atoms with van der Waals surface area (Å²) in [5.74, 6) is -0.102. The molecule has 1 heterocycles. The number of ether oxygens (including phenoxy) is 1. The van der Waals surface area contributed by atoms with Gasteiger partial charge in [0, 0.05) is 23.3 Å². The molecule has 0 aliphatic heterocycles. The summed E-state index contributed by atoms with van der Waals surface area (Å²) in [6.45, 7) is 2.52. The van der Waals surface area contributed by atoms with Gasteiger partial charge < -0.3 is 10.1 Å². The zero-order chi connectivity index (χ0) is 19.2. The first-order valence-electron chi connectivity index (χ1n) is 8.82. The Bertz CT molecular complexity index is 889. The molecule has 1 atom stereocenters. The smallest absolute Gasteiger partial charge is 0.251 e. The van der Waals surface area contributed by atoms with Crippen LogP contribution in [0.4, 0.5) is 0 Å². The highest BCUT2D eigenvalue weighted by Gasteiger charge is 2.13. The lowest BCUT2D eigenvalue weighted by Crippen LogP contribution is -2.37. The number of halogens is 1. The summed E-state index contributed by atoms with van der Waals surface area (Å²) in [6, 6.07) is 17.0. The molecule has 0 radical (unpaired) electrons. The number of carbonyl (C=O) groups is 1. The van der Waals surface area contributed by atoms with Crippen LogP contribution in [0.3, 0.4) is 0 Å². The summed E-state index contributed by atoms with van der Waals surface area (Å²) >= 11 is 5.93. The van der Waals surface area contributed by atoms with E-state index in [1.54, 1.807) is 19.2 Å². The van der Waals surface area contributed by atoms with Gasteiger partial charge in [0.05, 0.1) is 24.0 Å². The molecule has 0 saturated carbocycles. The minimum absolute atomic E-state index is 0.00968. The van der Waals surface area contributed by atoms with Crippen LogP contribution < -0.4 is 5.32 Å². The molecule has 1 aromatic heterocycles. The topological polar surface area (TPSA) is 67.0 Å². The maximum atomic E-state index is 12.4. The Kier molecular flexibility index (Phi) is 6.27. The van der Waals surface area contributed by atoms with Gasteiger partial charge in [0.2, 0.25) is 0 Å². The molecule has 0 unspecified atom stereocenters. The van der Waals surface area contributed by atoms with E-state index >= 15 is 0 Å². The van der Waals surface area contributed by atoms with Crippen LogP contribution in [0.1, 0.15) is 23.7 Å². The van der Waals surface area contributed by atoms with Gasteiger partial charge in [0.15, 0.2) is 0 Å². The lowest BCUT2D eigenvalue weighted by molar-refractivity contribution is 0.0894. The number of aromatic amines is 1. The zero-order valence-corrected chi connectivity index (χ0v) is 16.1. The van der Waals surface area contributed by atoms with Gasteiger partial charge in [0.25, 0.3) is 5.91 Å². The van der Waals surface area contributed by atoms with Gasteiger partial charge in [0.1, 0.15) is 0 Å². The lowest BCUT2D eigenvalue weighted by atomic mass is 10.1. The molecule has 2 N–H and O–H groups in total. The first-order chi connectivity index (χ1) is 13.1. The highest BCUT2D eigenvalue weighted by Crippen LogP contribution is 2.25. The average Bonchev–Trinajstić information content (AvgIpc) is 3.18. The number of nitrogens with one attached hydrogen (secondary N) is 2. The number of rotatable bonds is 7. The van der Waals surface area contributed by atoms with Gasteiger partial charge in [-0.2, -0.15) is 5.10 Å². The van der Waals surface area contributed by atoms with E-state index in [1.165, 1.54) is 0 Å². The fourth-order valence-electron chi connectivity index (χ4n) is 2.77. The number of carbonyl (C=O) groups excluding carboxylic acids is 1. The normalized spacial score (nSPS) is 12.0. The van der Waals surface area contributed by atoms with Crippen molar-refractivity contribution < 1.29 is 9.53 Å². The van der Waals surface area contributed by atoms with Crippen molar-refractivity contribution in [2.45, 2.75) is 19.4 Å². The van der Waals surface area contributed by atoms with Crippen molar-refractivity contribution in [3.8, 4) is 22.5 Å². The summed E-state index contributed by atoms with van der Waals surface area (Å²) in [7, 11) is 1.63. The third kappa shape index (κ3) is 4.76. The van der Waals surface area contributed by atoms with Gasteiger partial charge >= 0.3 is 0 Å². The standard InChI is InChI=1S/C21H22ClN3O2/c1-3-18(13-27-2)23-21(26)16-6-4-14(5-7-16)19-12-20(25-24-19)15-8-10-17(22)11-9-15/h4-12,18H,3,13H2,1-2H3,(H,23,26)(H,24,25)/t18-/m1/s1. The molecule has 0 saturated heterocycles. The van der Waals surface area contributed by atoms with E-state index in [4.69, 9.17) is 16.3 Å². The molecule has 0 aliphatic carbocycles. The number of H-pyrrole nitrogens is 1. The van der Waals surface area contributed by atoms with E-state index in [0.29, 0.717) is 17.2 Å². The molecular weight excluding hydrogens is 362 g/mol. The Labute approximate surface area is 163 Å². The van der Waals surface area contributed by atoms with Crippen molar-refractivity contribution in [1.82, 2.24) is 15.5 Å². The van der Waals surface area contributed by atoms with E-state index in [9.17, 15) is 4.79 Å². The summed E-state index contributed by atoms with van der Waals surface area (Å²) in [4.78, 5) is 12.4. The lowest BCUT2D eigenvalue weighted by Gasteiger charge is -2.15. The summed E-state index contributed by atoms with van der Waals surface area (Å²) in [5, 5.41) is 11.1. The molecule has 27 heavy (non-hydrogen) atoms. The number of amides is 1. The third-order valence-electron chi connectivity index (χ3n) is 4.37. The molecule has 140 valence electrons. The molecule has 0 aliphatic rings. The monoisotopic (exact) mass is 383 g/mol. The maximum absolute atomic E-state index is 12.4. The molecule has 2 aromatic carbocycles. The Morgan fingerprint density at radius 3 is 2.44 bits per heavy atom. The van der Waals surface area contributed by atoms with Crippen molar-refractivity contribution in [2.75, 3.05) is 13.7 Å². The SMILES string of the molecule is CC[C@H](COC)NC(=O)c1ccc(-c2cc(-c3ccc(Cl)cc3)[nH]n2)cc1. The van der Waals surface area contributed by atoms with Gasteiger partial charge in [-0.15, -0.1) is 0 Å². The fourth-order valence-corrected chi connectivity index (χ4v) is 2.90. The zero-order valence-electron chi connectivity index (χ0n) is 15.3. The molecular formula is C21H22ClN3O2. The van der Waals surface area contributed by atoms with Gasteiger partial charge in [-0.1, -0.05) is 42.8 Å².